The predicted octanol–water partition coefficient (Wildman–Crippen LogP) is 1.06. The van der Waals surface area contributed by atoms with Gasteiger partial charge in [-0.15, -0.1) is 12.4 Å². The van der Waals surface area contributed by atoms with Gasteiger partial charge in [-0.05, 0) is 25.7 Å². The summed E-state index contributed by atoms with van der Waals surface area (Å²) in [4.78, 5) is 23.2. The van der Waals surface area contributed by atoms with Crippen LogP contribution in [0.3, 0.4) is 0 Å². The molecule has 0 radical (unpaired) electrons. The van der Waals surface area contributed by atoms with E-state index < -0.39 is 12.1 Å². The Morgan fingerprint density at radius 1 is 1.33 bits per heavy atom. The normalized spacial score (nSPS) is 17.9. The van der Waals surface area contributed by atoms with Crippen LogP contribution in [0.2, 0.25) is 0 Å². The largest absolute Gasteiger partial charge is 0.471 e. The van der Waals surface area contributed by atoms with Gasteiger partial charge in [-0.1, -0.05) is 0 Å². The van der Waals surface area contributed by atoms with E-state index in [1.54, 1.807) is 6.92 Å². The zero-order chi connectivity index (χ0) is 15.3. The van der Waals surface area contributed by atoms with E-state index in [-0.39, 0.29) is 49.8 Å². The number of nitrogens with zero attached hydrogens (tertiary/aromatic N) is 1. The molecule has 5 nitrogen and oxygen atoms in total. The summed E-state index contributed by atoms with van der Waals surface area (Å²) in [6, 6.07) is -0.221. The maximum absolute atomic E-state index is 12.2. The van der Waals surface area contributed by atoms with Gasteiger partial charge in [0.1, 0.15) is 0 Å². The third-order valence-corrected chi connectivity index (χ3v) is 3.24. The molecule has 0 saturated carbocycles. The summed E-state index contributed by atoms with van der Waals surface area (Å²) in [6.45, 7) is 2.29. The van der Waals surface area contributed by atoms with E-state index in [0.29, 0.717) is 19.4 Å². The van der Waals surface area contributed by atoms with Crippen molar-refractivity contribution in [3.05, 3.63) is 0 Å². The van der Waals surface area contributed by atoms with E-state index >= 15 is 0 Å². The summed E-state index contributed by atoms with van der Waals surface area (Å²) in [7, 11) is 0. The molecule has 1 unspecified atom stereocenters. The van der Waals surface area contributed by atoms with Crippen LogP contribution in [0.1, 0.15) is 26.2 Å². The molecular weight excluding hydrogens is 311 g/mol. The summed E-state index contributed by atoms with van der Waals surface area (Å²) in [5, 5.41) is 2.71. The standard InChI is InChI=1S/C12H20F3N3O2.ClH/c1-8(16)6-10(19)17-7-9-2-4-18(5-3-9)11(20)12(13,14)15;/h8-9H,2-7,16H2,1H3,(H,17,19);1H. The lowest BCUT2D eigenvalue weighted by Gasteiger charge is -2.32. The minimum absolute atomic E-state index is 0. The Bertz CT molecular complexity index is 356. The number of alkyl halides is 3. The molecule has 1 aliphatic heterocycles. The molecule has 0 aromatic carbocycles. The number of nitrogens with one attached hydrogen (secondary N) is 1. The summed E-state index contributed by atoms with van der Waals surface area (Å²) in [5.41, 5.74) is 5.48. The van der Waals surface area contributed by atoms with Gasteiger partial charge in [0, 0.05) is 32.1 Å². The molecule has 1 aliphatic rings. The molecule has 21 heavy (non-hydrogen) atoms. The van der Waals surface area contributed by atoms with E-state index in [1.807, 2.05) is 0 Å². The molecule has 1 rings (SSSR count). The van der Waals surface area contributed by atoms with Crippen LogP contribution >= 0.6 is 12.4 Å². The molecule has 1 saturated heterocycles. The Labute approximate surface area is 127 Å². The first-order valence-corrected chi connectivity index (χ1v) is 6.58. The first kappa shape index (κ1) is 20.0. The third-order valence-electron chi connectivity index (χ3n) is 3.24. The Morgan fingerprint density at radius 3 is 2.29 bits per heavy atom. The van der Waals surface area contributed by atoms with Gasteiger partial charge in [0.2, 0.25) is 5.91 Å². The van der Waals surface area contributed by atoms with Crippen LogP contribution in [0.25, 0.3) is 0 Å². The minimum atomic E-state index is -4.81. The summed E-state index contributed by atoms with van der Waals surface area (Å²) in [5.74, 6) is -1.84. The third kappa shape index (κ3) is 6.99. The molecule has 0 aromatic heterocycles. The number of hydrogen-bond donors (Lipinski definition) is 2. The van der Waals surface area contributed by atoms with E-state index in [9.17, 15) is 22.8 Å². The fourth-order valence-corrected chi connectivity index (χ4v) is 2.14. The fraction of sp³-hybridized carbons (Fsp3) is 0.833. The Morgan fingerprint density at radius 2 is 1.86 bits per heavy atom. The number of likely N-dealkylation sites (tertiary alicyclic amines) is 1. The topological polar surface area (TPSA) is 75.4 Å². The maximum atomic E-state index is 12.2. The van der Waals surface area contributed by atoms with E-state index in [1.165, 1.54) is 0 Å². The molecular formula is C12H21ClF3N3O2. The Balaban J connectivity index is 0.00000400. The SMILES string of the molecule is CC(N)CC(=O)NCC1CCN(C(=O)C(F)(F)F)CC1.Cl. The summed E-state index contributed by atoms with van der Waals surface area (Å²) >= 11 is 0. The highest BCUT2D eigenvalue weighted by Gasteiger charge is 2.43. The maximum Gasteiger partial charge on any atom is 0.471 e. The monoisotopic (exact) mass is 331 g/mol. The van der Waals surface area contributed by atoms with Gasteiger partial charge < -0.3 is 16.0 Å². The lowest BCUT2D eigenvalue weighted by atomic mass is 9.96. The summed E-state index contributed by atoms with van der Waals surface area (Å²) in [6.07, 6.45) is -3.66. The highest BCUT2D eigenvalue weighted by atomic mass is 35.5. The zero-order valence-corrected chi connectivity index (χ0v) is 12.6. The van der Waals surface area contributed by atoms with Crippen molar-refractivity contribution in [2.45, 2.75) is 38.4 Å². The van der Waals surface area contributed by atoms with E-state index in [4.69, 9.17) is 5.73 Å². The molecule has 124 valence electrons. The van der Waals surface area contributed by atoms with Gasteiger partial charge >= 0.3 is 12.1 Å². The van der Waals surface area contributed by atoms with E-state index in [2.05, 4.69) is 5.32 Å². The molecule has 3 N–H and O–H groups in total. The van der Waals surface area contributed by atoms with Gasteiger partial charge in [0.05, 0.1) is 0 Å². The van der Waals surface area contributed by atoms with Crippen molar-refractivity contribution < 1.29 is 22.8 Å². The second kappa shape index (κ2) is 8.43. The molecule has 0 aliphatic carbocycles. The number of piperidine rings is 1. The van der Waals surface area contributed by atoms with Crippen LogP contribution in [0, 0.1) is 5.92 Å². The highest BCUT2D eigenvalue weighted by Crippen LogP contribution is 2.23. The smallest absolute Gasteiger partial charge is 0.356 e. The Kier molecular flexibility index (Phi) is 8.02. The van der Waals surface area contributed by atoms with Crippen molar-refractivity contribution in [3.63, 3.8) is 0 Å². The van der Waals surface area contributed by atoms with Gasteiger partial charge in [-0.25, -0.2) is 0 Å². The van der Waals surface area contributed by atoms with Gasteiger partial charge in [0.25, 0.3) is 0 Å². The van der Waals surface area contributed by atoms with Gasteiger partial charge in [-0.3, -0.25) is 9.59 Å². The lowest BCUT2D eigenvalue weighted by molar-refractivity contribution is -0.186. The quantitative estimate of drug-likeness (QED) is 0.809. The average Bonchev–Trinajstić information content (AvgIpc) is 2.34. The summed E-state index contributed by atoms with van der Waals surface area (Å²) < 4.78 is 36.7. The molecule has 9 heteroatoms. The second-order valence-corrected chi connectivity index (χ2v) is 5.22. The van der Waals surface area contributed by atoms with Crippen LogP contribution in [0.15, 0.2) is 0 Å². The molecule has 2 amide bonds. The number of amides is 2. The van der Waals surface area contributed by atoms with Crippen molar-refractivity contribution in [2.24, 2.45) is 11.7 Å². The minimum Gasteiger partial charge on any atom is -0.356 e. The zero-order valence-electron chi connectivity index (χ0n) is 11.8. The van der Waals surface area contributed by atoms with Crippen molar-refractivity contribution in [3.8, 4) is 0 Å². The number of halogens is 4. The molecule has 0 bridgehead atoms. The average molecular weight is 332 g/mol. The lowest BCUT2D eigenvalue weighted by Crippen LogP contribution is -2.46. The number of carbonyl (C=O) groups excluding carboxylic acids is 2. The van der Waals surface area contributed by atoms with Gasteiger partial charge in [0.15, 0.2) is 0 Å². The van der Waals surface area contributed by atoms with E-state index in [0.717, 1.165) is 4.90 Å². The molecule has 0 aromatic rings. The number of carbonyl (C=O) groups is 2. The number of hydrogen-bond acceptors (Lipinski definition) is 3. The van der Waals surface area contributed by atoms with Crippen LogP contribution < -0.4 is 11.1 Å². The molecule has 1 heterocycles. The molecule has 0 spiro atoms. The van der Waals surface area contributed by atoms with Crippen LogP contribution in [0.5, 0.6) is 0 Å². The fourth-order valence-electron chi connectivity index (χ4n) is 2.14. The Hall–Kier alpha value is -1.02. The van der Waals surface area contributed by atoms with Gasteiger partial charge in [-0.2, -0.15) is 13.2 Å². The first-order valence-electron chi connectivity index (χ1n) is 6.58. The molecule has 1 atom stereocenters. The first-order chi connectivity index (χ1) is 9.20. The number of rotatable bonds is 4. The second-order valence-electron chi connectivity index (χ2n) is 5.22. The van der Waals surface area contributed by atoms with Crippen LogP contribution in [-0.4, -0.2) is 48.6 Å². The van der Waals surface area contributed by atoms with Crippen molar-refractivity contribution in [2.75, 3.05) is 19.6 Å². The number of nitrogens with two attached hydrogens (primary N) is 1. The predicted molar refractivity (Wildman–Crippen MR) is 73.9 cm³/mol. The highest BCUT2D eigenvalue weighted by molar-refractivity contribution is 5.85. The van der Waals surface area contributed by atoms with Crippen molar-refractivity contribution >= 4 is 24.2 Å². The van der Waals surface area contributed by atoms with Crippen molar-refractivity contribution in [1.82, 2.24) is 10.2 Å². The molecule has 1 fully saturated rings. The van der Waals surface area contributed by atoms with Crippen molar-refractivity contribution in [1.29, 1.82) is 0 Å². The van der Waals surface area contributed by atoms with Crippen LogP contribution in [-0.2, 0) is 9.59 Å². The van der Waals surface area contributed by atoms with Crippen LogP contribution in [0.4, 0.5) is 13.2 Å².